The minimum absolute atomic E-state index is 0.0405. The van der Waals surface area contributed by atoms with E-state index in [1.54, 1.807) is 30.3 Å². The summed E-state index contributed by atoms with van der Waals surface area (Å²) in [5, 5.41) is 9.42. The van der Waals surface area contributed by atoms with Gasteiger partial charge in [0.1, 0.15) is 5.75 Å². The van der Waals surface area contributed by atoms with Gasteiger partial charge >= 0.3 is 0 Å². The topological polar surface area (TPSA) is 46.5 Å². The van der Waals surface area contributed by atoms with E-state index in [9.17, 15) is 4.79 Å². The molecule has 0 aromatic heterocycles. The number of halogens is 1. The predicted molar refractivity (Wildman–Crippen MR) is 78.5 cm³/mol. The monoisotopic (exact) mass is 290 g/mol. The molecule has 20 heavy (non-hydrogen) atoms. The predicted octanol–water partition coefficient (Wildman–Crippen LogP) is 3.14. The van der Waals surface area contributed by atoms with Crippen molar-refractivity contribution in [3.05, 3.63) is 64.7 Å². The van der Waals surface area contributed by atoms with Gasteiger partial charge in [0.25, 0.3) is 0 Å². The van der Waals surface area contributed by atoms with Crippen molar-refractivity contribution in [2.75, 3.05) is 13.2 Å². The molecule has 0 aliphatic rings. The van der Waals surface area contributed by atoms with Gasteiger partial charge in [-0.1, -0.05) is 41.9 Å². The molecule has 0 fully saturated rings. The van der Waals surface area contributed by atoms with E-state index in [0.717, 1.165) is 5.56 Å². The van der Waals surface area contributed by atoms with Crippen LogP contribution in [0.1, 0.15) is 15.9 Å². The molecule has 0 saturated heterocycles. The summed E-state index contributed by atoms with van der Waals surface area (Å²) in [4.78, 5) is 12.0. The van der Waals surface area contributed by atoms with Crippen molar-refractivity contribution >= 4 is 17.4 Å². The lowest BCUT2D eigenvalue weighted by atomic mass is 10.1. The van der Waals surface area contributed by atoms with Crippen LogP contribution in [0.15, 0.2) is 48.5 Å². The first-order chi connectivity index (χ1) is 9.72. The molecule has 2 aromatic rings. The first-order valence-corrected chi connectivity index (χ1v) is 6.69. The van der Waals surface area contributed by atoms with Crippen molar-refractivity contribution < 1.29 is 14.6 Å². The largest absolute Gasteiger partial charge is 0.485 e. The molecule has 0 saturated carbocycles. The van der Waals surface area contributed by atoms with Crippen molar-refractivity contribution in [3.8, 4) is 5.75 Å². The maximum Gasteiger partial charge on any atom is 0.201 e. The molecule has 0 bridgehead atoms. The third kappa shape index (κ3) is 3.59. The zero-order valence-corrected chi connectivity index (χ0v) is 11.6. The molecule has 0 atom stereocenters. The number of para-hydroxylation sites is 1. The molecule has 1 N–H and O–H groups in total. The maximum atomic E-state index is 12.0. The Morgan fingerprint density at radius 2 is 1.80 bits per heavy atom. The van der Waals surface area contributed by atoms with Gasteiger partial charge in [0, 0.05) is 12.2 Å². The standard InChI is InChI=1S/C16H15ClO3/c17-14-7-3-2-6-13(14)15(19)11-20-16-8-4-1-5-12(16)9-10-18/h1-8,18H,9-11H2. The lowest BCUT2D eigenvalue weighted by Crippen LogP contribution is -2.13. The Morgan fingerprint density at radius 1 is 1.10 bits per heavy atom. The number of ketones is 1. The molecular formula is C16H15ClO3. The Balaban J connectivity index is 2.06. The highest BCUT2D eigenvalue weighted by atomic mass is 35.5. The number of carbonyl (C=O) groups is 1. The summed E-state index contributed by atoms with van der Waals surface area (Å²) in [6.45, 7) is -0.0367. The molecule has 2 rings (SSSR count). The van der Waals surface area contributed by atoms with Crippen molar-refractivity contribution in [2.45, 2.75) is 6.42 Å². The molecule has 0 radical (unpaired) electrons. The van der Waals surface area contributed by atoms with Gasteiger partial charge in [-0.05, 0) is 30.2 Å². The van der Waals surface area contributed by atoms with Crippen molar-refractivity contribution in [1.29, 1.82) is 0 Å². The van der Waals surface area contributed by atoms with Gasteiger partial charge in [-0.15, -0.1) is 0 Å². The van der Waals surface area contributed by atoms with Gasteiger partial charge < -0.3 is 9.84 Å². The summed E-state index contributed by atoms with van der Waals surface area (Å²) >= 11 is 5.97. The second-order valence-electron chi connectivity index (χ2n) is 4.27. The molecular weight excluding hydrogens is 276 g/mol. The number of aliphatic hydroxyl groups excluding tert-OH is 1. The summed E-state index contributed by atoms with van der Waals surface area (Å²) in [5.41, 5.74) is 1.33. The molecule has 0 unspecified atom stereocenters. The van der Waals surface area contributed by atoms with Gasteiger partial charge in [0.2, 0.25) is 5.78 Å². The average molecular weight is 291 g/mol. The summed E-state index contributed by atoms with van der Waals surface area (Å²) in [6, 6.07) is 14.2. The Bertz CT molecular complexity index is 596. The fraction of sp³-hybridized carbons (Fsp3) is 0.188. The normalized spacial score (nSPS) is 10.3. The van der Waals surface area contributed by atoms with Gasteiger partial charge in [0.05, 0.1) is 5.02 Å². The lowest BCUT2D eigenvalue weighted by Gasteiger charge is -2.10. The van der Waals surface area contributed by atoms with E-state index in [4.69, 9.17) is 21.4 Å². The minimum atomic E-state index is -0.172. The quantitative estimate of drug-likeness (QED) is 0.832. The second-order valence-corrected chi connectivity index (χ2v) is 4.68. The van der Waals surface area contributed by atoms with Crippen molar-refractivity contribution in [3.63, 3.8) is 0 Å². The first-order valence-electron chi connectivity index (χ1n) is 6.31. The van der Waals surface area contributed by atoms with Crippen LogP contribution in [-0.2, 0) is 6.42 Å². The van der Waals surface area contributed by atoms with Gasteiger partial charge in [-0.25, -0.2) is 0 Å². The first kappa shape index (κ1) is 14.6. The van der Waals surface area contributed by atoms with Crippen LogP contribution in [0.25, 0.3) is 0 Å². The van der Waals surface area contributed by atoms with Crippen LogP contribution in [-0.4, -0.2) is 24.1 Å². The minimum Gasteiger partial charge on any atom is -0.485 e. The Hall–Kier alpha value is -1.84. The Labute approximate surface area is 122 Å². The fourth-order valence-electron chi connectivity index (χ4n) is 1.88. The zero-order chi connectivity index (χ0) is 14.4. The number of rotatable bonds is 6. The van der Waals surface area contributed by atoms with E-state index in [1.807, 2.05) is 18.2 Å². The number of hydrogen-bond acceptors (Lipinski definition) is 3. The summed E-state index contributed by atoms with van der Waals surface area (Å²) in [5.74, 6) is 0.441. The molecule has 0 aliphatic heterocycles. The van der Waals surface area contributed by atoms with Crippen molar-refractivity contribution in [2.24, 2.45) is 0 Å². The molecule has 0 heterocycles. The van der Waals surface area contributed by atoms with Crippen LogP contribution in [0.5, 0.6) is 5.75 Å². The Morgan fingerprint density at radius 3 is 2.55 bits per heavy atom. The highest BCUT2D eigenvalue weighted by Gasteiger charge is 2.11. The number of aliphatic hydroxyl groups is 1. The van der Waals surface area contributed by atoms with E-state index in [-0.39, 0.29) is 19.0 Å². The molecule has 4 heteroatoms. The average Bonchev–Trinajstić information content (AvgIpc) is 2.47. The smallest absolute Gasteiger partial charge is 0.201 e. The van der Waals surface area contributed by atoms with Crippen LogP contribution in [0.2, 0.25) is 5.02 Å². The summed E-state index contributed by atoms with van der Waals surface area (Å²) in [7, 11) is 0. The highest BCUT2D eigenvalue weighted by molar-refractivity contribution is 6.34. The maximum absolute atomic E-state index is 12.0. The molecule has 0 amide bonds. The van der Waals surface area contributed by atoms with Crippen LogP contribution >= 0.6 is 11.6 Å². The molecule has 0 spiro atoms. The Kier molecular flexibility index (Phi) is 5.16. The highest BCUT2D eigenvalue weighted by Crippen LogP contribution is 2.20. The molecule has 2 aromatic carbocycles. The third-order valence-corrected chi connectivity index (χ3v) is 3.22. The summed E-state index contributed by atoms with van der Waals surface area (Å²) in [6.07, 6.45) is 0.496. The number of benzene rings is 2. The van der Waals surface area contributed by atoms with Crippen LogP contribution in [0, 0.1) is 0 Å². The SMILES string of the molecule is O=C(COc1ccccc1CCO)c1ccccc1Cl. The van der Waals surface area contributed by atoms with Gasteiger partial charge in [-0.3, -0.25) is 4.79 Å². The molecule has 0 aliphatic carbocycles. The van der Waals surface area contributed by atoms with E-state index in [2.05, 4.69) is 0 Å². The lowest BCUT2D eigenvalue weighted by molar-refractivity contribution is 0.0921. The van der Waals surface area contributed by atoms with Crippen molar-refractivity contribution in [1.82, 2.24) is 0 Å². The number of carbonyl (C=O) groups excluding carboxylic acids is 1. The molecule has 3 nitrogen and oxygen atoms in total. The van der Waals surface area contributed by atoms with Crippen LogP contribution in [0.3, 0.4) is 0 Å². The van der Waals surface area contributed by atoms with Gasteiger partial charge in [-0.2, -0.15) is 0 Å². The van der Waals surface area contributed by atoms with E-state index in [1.165, 1.54) is 0 Å². The molecule has 104 valence electrons. The zero-order valence-electron chi connectivity index (χ0n) is 10.9. The number of Topliss-reactive ketones (excluding diaryl/α,β-unsaturated/α-hetero) is 1. The second kappa shape index (κ2) is 7.08. The van der Waals surface area contributed by atoms with E-state index < -0.39 is 0 Å². The van der Waals surface area contributed by atoms with Crippen LogP contribution < -0.4 is 4.74 Å². The number of ether oxygens (including phenoxy) is 1. The number of hydrogen-bond donors (Lipinski definition) is 1. The fourth-order valence-corrected chi connectivity index (χ4v) is 2.12. The van der Waals surface area contributed by atoms with E-state index in [0.29, 0.717) is 22.8 Å². The third-order valence-electron chi connectivity index (χ3n) is 2.89. The summed E-state index contributed by atoms with van der Waals surface area (Å²) < 4.78 is 5.54. The van der Waals surface area contributed by atoms with E-state index >= 15 is 0 Å². The van der Waals surface area contributed by atoms with Crippen LogP contribution in [0.4, 0.5) is 0 Å². The van der Waals surface area contributed by atoms with Gasteiger partial charge in [0.15, 0.2) is 6.61 Å².